The van der Waals surface area contributed by atoms with Crippen LogP contribution < -0.4 is 0 Å². The molecular weight excluding hydrogens is 1210 g/mol. The maximum Gasteiger partial charge on any atom is 0.472 e. The number of aliphatic hydroxyl groups is 1. The van der Waals surface area contributed by atoms with Crippen LogP contribution in [0.3, 0.4) is 0 Å². The molecule has 7 atom stereocenters. The van der Waals surface area contributed by atoms with E-state index in [1.165, 1.54) is 161 Å². The molecule has 0 amide bonds. The van der Waals surface area contributed by atoms with Gasteiger partial charge in [-0.05, 0) is 49.4 Å². The van der Waals surface area contributed by atoms with Crippen LogP contribution in [0, 0.1) is 23.7 Å². The first-order chi connectivity index (χ1) is 44.2. The molecule has 0 aliphatic heterocycles. The predicted molar refractivity (Wildman–Crippen MR) is 372 cm³/mol. The predicted octanol–water partition coefficient (Wildman–Crippen LogP) is 20.9. The van der Waals surface area contributed by atoms with Crippen LogP contribution in [0.2, 0.25) is 0 Å². The van der Waals surface area contributed by atoms with Crippen LogP contribution in [0.5, 0.6) is 0 Å². The molecule has 546 valence electrons. The van der Waals surface area contributed by atoms with E-state index in [4.69, 9.17) is 37.0 Å². The van der Waals surface area contributed by atoms with Gasteiger partial charge in [0.25, 0.3) is 0 Å². The molecule has 0 aromatic heterocycles. The van der Waals surface area contributed by atoms with Gasteiger partial charge in [0.15, 0.2) is 12.2 Å². The van der Waals surface area contributed by atoms with Crippen LogP contribution in [-0.4, -0.2) is 96.7 Å². The zero-order chi connectivity index (χ0) is 68.2. The maximum absolute atomic E-state index is 13.0. The van der Waals surface area contributed by atoms with Gasteiger partial charge in [0.1, 0.15) is 19.3 Å². The second kappa shape index (κ2) is 62.6. The first-order valence-electron chi connectivity index (χ1n) is 37.8. The number of phosphoric ester groups is 2. The quantitative estimate of drug-likeness (QED) is 0.0222. The van der Waals surface area contributed by atoms with Gasteiger partial charge in [0.05, 0.1) is 26.4 Å². The van der Waals surface area contributed by atoms with Crippen molar-refractivity contribution in [3.63, 3.8) is 0 Å². The van der Waals surface area contributed by atoms with Gasteiger partial charge in [0, 0.05) is 25.7 Å². The molecular formula is C73H142O17P2. The number of hydrogen-bond donors (Lipinski definition) is 3. The zero-order valence-corrected chi connectivity index (χ0v) is 62.0. The van der Waals surface area contributed by atoms with Gasteiger partial charge in [-0.3, -0.25) is 37.3 Å². The van der Waals surface area contributed by atoms with Crippen LogP contribution in [0.25, 0.3) is 0 Å². The van der Waals surface area contributed by atoms with Gasteiger partial charge in [-0.2, -0.15) is 0 Å². The van der Waals surface area contributed by atoms with E-state index in [2.05, 4.69) is 55.4 Å². The number of ether oxygens (including phenoxy) is 4. The number of unbranched alkanes of at least 4 members (excludes halogenated alkanes) is 34. The summed E-state index contributed by atoms with van der Waals surface area (Å²) in [4.78, 5) is 72.7. The lowest BCUT2D eigenvalue weighted by Crippen LogP contribution is -2.30. The van der Waals surface area contributed by atoms with Crippen molar-refractivity contribution >= 4 is 39.5 Å². The van der Waals surface area contributed by atoms with Crippen molar-refractivity contribution < 1.29 is 80.2 Å². The van der Waals surface area contributed by atoms with Crippen molar-refractivity contribution in [2.75, 3.05) is 39.6 Å². The molecule has 0 bridgehead atoms. The minimum absolute atomic E-state index is 0.104. The number of hydrogen-bond acceptors (Lipinski definition) is 15. The largest absolute Gasteiger partial charge is 0.472 e. The van der Waals surface area contributed by atoms with Crippen LogP contribution in [0.15, 0.2) is 0 Å². The number of aliphatic hydroxyl groups excluding tert-OH is 1. The molecule has 0 fully saturated rings. The van der Waals surface area contributed by atoms with Gasteiger partial charge >= 0.3 is 39.5 Å². The van der Waals surface area contributed by atoms with Gasteiger partial charge in [-0.15, -0.1) is 0 Å². The molecule has 0 aliphatic carbocycles. The highest BCUT2D eigenvalue weighted by Crippen LogP contribution is 2.45. The first-order valence-corrected chi connectivity index (χ1v) is 40.8. The molecule has 19 heteroatoms. The van der Waals surface area contributed by atoms with Crippen molar-refractivity contribution in [1.82, 2.24) is 0 Å². The highest BCUT2D eigenvalue weighted by Gasteiger charge is 2.30. The summed E-state index contributed by atoms with van der Waals surface area (Å²) in [5.41, 5.74) is 0. The lowest BCUT2D eigenvalue weighted by molar-refractivity contribution is -0.161. The molecule has 3 N–H and O–H groups in total. The normalized spacial score (nSPS) is 14.8. The summed E-state index contributed by atoms with van der Waals surface area (Å²) in [6.07, 6.45) is 45.8. The third-order valence-electron chi connectivity index (χ3n) is 17.5. The number of rotatable bonds is 70. The lowest BCUT2D eigenvalue weighted by atomic mass is 9.99. The van der Waals surface area contributed by atoms with Crippen molar-refractivity contribution in [3.05, 3.63) is 0 Å². The van der Waals surface area contributed by atoms with Crippen molar-refractivity contribution in [2.45, 2.75) is 382 Å². The van der Waals surface area contributed by atoms with E-state index in [0.29, 0.717) is 25.7 Å². The van der Waals surface area contributed by atoms with E-state index in [9.17, 15) is 43.2 Å². The molecule has 0 rings (SSSR count). The monoisotopic (exact) mass is 1350 g/mol. The summed E-state index contributed by atoms with van der Waals surface area (Å²) in [6, 6.07) is 0. The molecule has 0 aliphatic rings. The highest BCUT2D eigenvalue weighted by molar-refractivity contribution is 7.47. The molecule has 0 spiro atoms. The Labute approximate surface area is 562 Å². The highest BCUT2D eigenvalue weighted by atomic mass is 31.2. The summed E-state index contributed by atoms with van der Waals surface area (Å²) in [5.74, 6) is 0.915. The SMILES string of the molecule is CCC(C)CCCCCCCCCCC(=O)O[C@H](COC(=O)CCCCCCCCCCCCCCCCCC(C)C)COP(=O)(O)OC[C@@H](O)COP(=O)(O)OC[C@@H](COC(=O)CCCCCCCCC(C)CC)OC(=O)CCCCCCCCCCCC(C)C. The number of phosphoric acid groups is 2. The fourth-order valence-corrected chi connectivity index (χ4v) is 12.5. The van der Waals surface area contributed by atoms with E-state index >= 15 is 0 Å². The summed E-state index contributed by atoms with van der Waals surface area (Å²) < 4.78 is 68.4. The molecule has 92 heavy (non-hydrogen) atoms. The average Bonchev–Trinajstić information content (AvgIpc) is 2.15. The van der Waals surface area contributed by atoms with Crippen LogP contribution in [-0.2, 0) is 65.4 Å². The molecule has 0 radical (unpaired) electrons. The maximum atomic E-state index is 13.0. The van der Waals surface area contributed by atoms with E-state index in [-0.39, 0.29) is 25.7 Å². The van der Waals surface area contributed by atoms with Crippen molar-refractivity contribution in [1.29, 1.82) is 0 Å². The van der Waals surface area contributed by atoms with E-state index in [1.807, 2.05) is 0 Å². The van der Waals surface area contributed by atoms with Gasteiger partial charge in [-0.1, -0.05) is 312 Å². The number of esters is 4. The fraction of sp³-hybridized carbons (Fsp3) is 0.945. The second-order valence-corrected chi connectivity index (χ2v) is 30.7. The van der Waals surface area contributed by atoms with Crippen LogP contribution >= 0.6 is 15.6 Å². The third-order valence-corrected chi connectivity index (χ3v) is 19.4. The molecule has 17 nitrogen and oxygen atoms in total. The summed E-state index contributed by atoms with van der Waals surface area (Å²) in [6.45, 7) is 14.1. The first kappa shape index (κ1) is 90.1. The molecule has 0 saturated heterocycles. The Morgan fingerprint density at radius 3 is 0.772 bits per heavy atom. The molecule has 0 aromatic carbocycles. The standard InChI is InChI=1S/C73H142O17P2/c1-9-65(7)51-43-35-27-23-24-30-40-48-56-73(78)90-68(59-83-70(75)53-45-37-28-21-17-15-13-11-12-14-16-19-25-33-41-49-63(3)4)61-87-91(79,80)85-57-67(74)58-86-92(81,82)88-62-69(60-84-71(76)54-46-38-32-31-36-44-52-66(8)10-2)89-72(77)55-47-39-29-22-18-20-26-34-42-50-64(5)6/h63-69,74H,9-62H2,1-8H3,(H,79,80)(H,81,82)/t65?,66?,67-,68-,69-/m1/s1. The molecule has 4 unspecified atom stereocenters. The van der Waals surface area contributed by atoms with Crippen molar-refractivity contribution in [2.24, 2.45) is 23.7 Å². The molecule has 0 heterocycles. The van der Waals surface area contributed by atoms with Crippen LogP contribution in [0.1, 0.15) is 364 Å². The Hall–Kier alpha value is -1.94. The van der Waals surface area contributed by atoms with E-state index in [1.54, 1.807) is 0 Å². The summed E-state index contributed by atoms with van der Waals surface area (Å²) in [7, 11) is -9.91. The lowest BCUT2D eigenvalue weighted by Gasteiger charge is -2.21. The number of carbonyl (C=O) groups is 4. The summed E-state index contributed by atoms with van der Waals surface area (Å²) in [5, 5.41) is 10.6. The average molecular weight is 1350 g/mol. The Kier molecular flexibility index (Phi) is 61.3. The number of carbonyl (C=O) groups excluding carboxylic acids is 4. The van der Waals surface area contributed by atoms with Gasteiger partial charge < -0.3 is 33.8 Å². The Morgan fingerprint density at radius 2 is 0.522 bits per heavy atom. The Bertz CT molecular complexity index is 1820. The topological polar surface area (TPSA) is 237 Å². The van der Waals surface area contributed by atoms with Gasteiger partial charge in [0.2, 0.25) is 0 Å². The van der Waals surface area contributed by atoms with E-state index in [0.717, 1.165) is 120 Å². The fourth-order valence-electron chi connectivity index (χ4n) is 11.0. The van der Waals surface area contributed by atoms with E-state index < -0.39 is 97.5 Å². The van der Waals surface area contributed by atoms with Crippen molar-refractivity contribution in [3.8, 4) is 0 Å². The second-order valence-electron chi connectivity index (χ2n) is 27.8. The smallest absolute Gasteiger partial charge is 0.462 e. The minimum Gasteiger partial charge on any atom is -0.462 e. The molecule has 0 aromatic rings. The summed E-state index contributed by atoms with van der Waals surface area (Å²) >= 11 is 0. The molecule has 0 saturated carbocycles. The Balaban J connectivity index is 5.23. The third kappa shape index (κ3) is 64.1. The zero-order valence-electron chi connectivity index (χ0n) is 60.2. The van der Waals surface area contributed by atoms with Gasteiger partial charge in [-0.25, -0.2) is 9.13 Å². The van der Waals surface area contributed by atoms with Crippen LogP contribution in [0.4, 0.5) is 0 Å². The minimum atomic E-state index is -4.96. The Morgan fingerprint density at radius 1 is 0.304 bits per heavy atom.